The molecule has 0 saturated carbocycles. The number of hydrogen-bond acceptors (Lipinski definition) is 2. The van der Waals surface area contributed by atoms with Crippen molar-refractivity contribution in [2.24, 2.45) is 0 Å². The fourth-order valence-corrected chi connectivity index (χ4v) is 1.38. The minimum Gasteiger partial charge on any atom is -0.272 e. The number of hydrogen-bond donors (Lipinski definition) is 0. The summed E-state index contributed by atoms with van der Waals surface area (Å²) in [4.78, 5) is 3.98. The van der Waals surface area contributed by atoms with Gasteiger partial charge in [0.25, 0.3) is 0 Å². The zero-order chi connectivity index (χ0) is 9.80. The summed E-state index contributed by atoms with van der Waals surface area (Å²) in [5, 5.41) is 4.33. The average molecular weight is 187 g/mol. The molecule has 0 atom stereocenters. The maximum absolute atomic E-state index is 4.33. The summed E-state index contributed by atoms with van der Waals surface area (Å²) in [5.74, 6) is 0. The third-order valence-electron chi connectivity index (χ3n) is 2.15. The Balaban J connectivity index is 1.95. The first-order valence-electron chi connectivity index (χ1n) is 4.73. The van der Waals surface area contributed by atoms with E-state index in [-0.39, 0.29) is 0 Å². The molecule has 0 spiro atoms. The highest BCUT2D eigenvalue weighted by Gasteiger charge is 1.95. The Bertz CT molecular complexity index is 392. The van der Waals surface area contributed by atoms with Crippen molar-refractivity contribution >= 4 is 0 Å². The molecule has 2 aromatic rings. The van der Waals surface area contributed by atoms with E-state index in [1.807, 2.05) is 48.4 Å². The van der Waals surface area contributed by atoms with Crippen LogP contribution >= 0.6 is 0 Å². The summed E-state index contributed by atoms with van der Waals surface area (Å²) < 4.78 is 1.97. The first-order valence-corrected chi connectivity index (χ1v) is 4.73. The summed E-state index contributed by atoms with van der Waals surface area (Å²) in [6.07, 6.45) is 6.66. The molecule has 0 fully saturated rings. The molecular formula is C11H13N3. The molecule has 0 N–H and O–H groups in total. The van der Waals surface area contributed by atoms with Gasteiger partial charge in [0.15, 0.2) is 0 Å². The van der Waals surface area contributed by atoms with Crippen molar-refractivity contribution in [2.75, 3.05) is 0 Å². The van der Waals surface area contributed by atoms with Crippen molar-refractivity contribution in [3.05, 3.63) is 48.0 Å². The van der Waals surface area contributed by atoms with Gasteiger partial charge >= 0.3 is 0 Å². The van der Waals surface area contributed by atoms with E-state index in [1.54, 1.807) is 0 Å². The maximum Gasteiger partial charge on any atom is 0.0593 e. The summed E-state index contributed by atoms with van der Waals surface area (Å²) in [5.41, 5.74) is 2.37. The molecule has 2 aromatic heterocycles. The zero-order valence-electron chi connectivity index (χ0n) is 8.22. The Kier molecular flexibility index (Phi) is 2.58. The van der Waals surface area contributed by atoms with Gasteiger partial charge in [0, 0.05) is 25.1 Å². The van der Waals surface area contributed by atoms with Gasteiger partial charge in [-0.15, -0.1) is 0 Å². The number of aryl methyl sites for hydroxylation is 3. The lowest BCUT2D eigenvalue weighted by molar-refractivity contribution is 0.610. The van der Waals surface area contributed by atoms with Crippen LogP contribution in [0.15, 0.2) is 36.8 Å². The molecule has 0 radical (unpaired) electrons. The molecule has 14 heavy (non-hydrogen) atoms. The Morgan fingerprint density at radius 1 is 1.21 bits per heavy atom. The first-order chi connectivity index (χ1) is 6.84. The van der Waals surface area contributed by atoms with Crippen LogP contribution in [-0.2, 0) is 13.0 Å². The molecule has 0 aliphatic carbocycles. The molecule has 2 rings (SSSR count). The van der Waals surface area contributed by atoms with Gasteiger partial charge in [-0.1, -0.05) is 0 Å². The summed E-state index contributed by atoms with van der Waals surface area (Å²) >= 11 is 0. The molecule has 0 bridgehead atoms. The van der Waals surface area contributed by atoms with E-state index in [2.05, 4.69) is 10.1 Å². The normalized spacial score (nSPS) is 10.4. The van der Waals surface area contributed by atoms with E-state index in [0.29, 0.717) is 0 Å². The first kappa shape index (κ1) is 8.94. The number of rotatable bonds is 3. The van der Waals surface area contributed by atoms with Crippen LogP contribution < -0.4 is 0 Å². The molecule has 0 aliphatic heterocycles. The third kappa shape index (κ3) is 2.19. The highest BCUT2D eigenvalue weighted by Crippen LogP contribution is 2.00. The van der Waals surface area contributed by atoms with E-state index in [1.165, 1.54) is 5.56 Å². The molecule has 0 aliphatic rings. The molecule has 0 saturated heterocycles. The van der Waals surface area contributed by atoms with Gasteiger partial charge in [-0.25, -0.2) is 0 Å². The quantitative estimate of drug-likeness (QED) is 0.734. The SMILES string of the molecule is Cc1ccn(CCc2ccncc2)n1. The Hall–Kier alpha value is -1.64. The van der Waals surface area contributed by atoms with E-state index < -0.39 is 0 Å². The molecule has 2 heterocycles. The standard InChI is InChI=1S/C11H13N3/c1-10-4-8-14(13-10)9-5-11-2-6-12-7-3-11/h2-4,6-8H,5,9H2,1H3. The van der Waals surface area contributed by atoms with Crippen LogP contribution in [-0.4, -0.2) is 14.8 Å². The highest BCUT2D eigenvalue weighted by atomic mass is 15.3. The fraction of sp³-hybridized carbons (Fsp3) is 0.273. The van der Waals surface area contributed by atoms with Crippen molar-refractivity contribution < 1.29 is 0 Å². The van der Waals surface area contributed by atoms with Gasteiger partial charge in [-0.2, -0.15) is 5.10 Å². The number of pyridine rings is 1. The second kappa shape index (κ2) is 4.05. The largest absolute Gasteiger partial charge is 0.272 e. The van der Waals surface area contributed by atoms with Gasteiger partial charge in [0.1, 0.15) is 0 Å². The molecule has 0 amide bonds. The predicted octanol–water partition coefficient (Wildman–Crippen LogP) is 1.83. The minimum atomic E-state index is 0.928. The Morgan fingerprint density at radius 2 is 2.00 bits per heavy atom. The van der Waals surface area contributed by atoms with Gasteiger partial charge in [0.2, 0.25) is 0 Å². The minimum absolute atomic E-state index is 0.928. The summed E-state index contributed by atoms with van der Waals surface area (Å²) in [6, 6.07) is 6.10. The topological polar surface area (TPSA) is 30.7 Å². The van der Waals surface area contributed by atoms with Gasteiger partial charge in [-0.3, -0.25) is 9.67 Å². The highest BCUT2D eigenvalue weighted by molar-refractivity contribution is 5.09. The maximum atomic E-state index is 4.33. The Morgan fingerprint density at radius 3 is 2.64 bits per heavy atom. The Labute approximate surface area is 83.4 Å². The average Bonchev–Trinajstić information content (AvgIpc) is 2.63. The molecule has 0 aromatic carbocycles. The van der Waals surface area contributed by atoms with Gasteiger partial charge < -0.3 is 0 Å². The van der Waals surface area contributed by atoms with Crippen molar-refractivity contribution in [3.63, 3.8) is 0 Å². The van der Waals surface area contributed by atoms with Crippen molar-refractivity contribution in [1.82, 2.24) is 14.8 Å². The lowest BCUT2D eigenvalue weighted by atomic mass is 10.2. The van der Waals surface area contributed by atoms with Crippen LogP contribution in [0.5, 0.6) is 0 Å². The third-order valence-corrected chi connectivity index (χ3v) is 2.15. The van der Waals surface area contributed by atoms with Gasteiger partial charge in [-0.05, 0) is 37.1 Å². The van der Waals surface area contributed by atoms with Crippen LogP contribution in [0.4, 0.5) is 0 Å². The van der Waals surface area contributed by atoms with Crippen LogP contribution in [0.2, 0.25) is 0 Å². The molecule has 3 nitrogen and oxygen atoms in total. The monoisotopic (exact) mass is 187 g/mol. The molecule has 0 unspecified atom stereocenters. The van der Waals surface area contributed by atoms with E-state index in [0.717, 1.165) is 18.7 Å². The lowest BCUT2D eigenvalue weighted by Gasteiger charge is -2.00. The summed E-state index contributed by atoms with van der Waals surface area (Å²) in [6.45, 7) is 2.93. The van der Waals surface area contributed by atoms with Crippen molar-refractivity contribution in [2.45, 2.75) is 19.9 Å². The number of nitrogens with zero attached hydrogens (tertiary/aromatic N) is 3. The summed E-state index contributed by atoms with van der Waals surface area (Å²) in [7, 11) is 0. The zero-order valence-corrected chi connectivity index (χ0v) is 8.22. The molecular weight excluding hydrogens is 174 g/mol. The van der Waals surface area contributed by atoms with Crippen molar-refractivity contribution in [3.8, 4) is 0 Å². The number of aromatic nitrogens is 3. The van der Waals surface area contributed by atoms with E-state index in [4.69, 9.17) is 0 Å². The van der Waals surface area contributed by atoms with Crippen LogP contribution in [0.1, 0.15) is 11.3 Å². The smallest absolute Gasteiger partial charge is 0.0593 e. The van der Waals surface area contributed by atoms with Gasteiger partial charge in [0.05, 0.1) is 5.69 Å². The van der Waals surface area contributed by atoms with Crippen LogP contribution in [0, 0.1) is 6.92 Å². The van der Waals surface area contributed by atoms with E-state index >= 15 is 0 Å². The molecule has 3 heteroatoms. The fourth-order valence-electron chi connectivity index (χ4n) is 1.38. The van der Waals surface area contributed by atoms with Crippen molar-refractivity contribution in [1.29, 1.82) is 0 Å². The van der Waals surface area contributed by atoms with Crippen LogP contribution in [0.3, 0.4) is 0 Å². The van der Waals surface area contributed by atoms with Crippen LogP contribution in [0.25, 0.3) is 0 Å². The second-order valence-corrected chi connectivity index (χ2v) is 3.33. The van der Waals surface area contributed by atoms with E-state index in [9.17, 15) is 0 Å². The lowest BCUT2D eigenvalue weighted by Crippen LogP contribution is -2.01. The molecule has 72 valence electrons. The second-order valence-electron chi connectivity index (χ2n) is 3.33. The predicted molar refractivity (Wildman–Crippen MR) is 54.9 cm³/mol.